The highest BCUT2D eigenvalue weighted by atomic mass is 35.5. The van der Waals surface area contributed by atoms with Crippen molar-refractivity contribution in [3.05, 3.63) is 63.0 Å². The number of amides is 1. The van der Waals surface area contributed by atoms with Gasteiger partial charge in [-0.25, -0.2) is 0 Å². The van der Waals surface area contributed by atoms with Crippen LogP contribution in [0.5, 0.6) is 0 Å². The van der Waals surface area contributed by atoms with Crippen molar-refractivity contribution in [2.24, 2.45) is 7.05 Å². The van der Waals surface area contributed by atoms with Crippen molar-refractivity contribution in [3.8, 4) is 0 Å². The SMILES string of the molecule is Cn1cc(NC(=O)C[C@@H]2OCCc3ccccc32)cc(Cl)c1=O. The molecule has 0 radical (unpaired) electrons. The quantitative estimate of drug-likeness (QED) is 0.940. The number of carbonyl (C=O) groups excluding carboxylic acids is 1. The number of nitrogens with one attached hydrogen (secondary N) is 1. The van der Waals surface area contributed by atoms with Gasteiger partial charge in [-0.15, -0.1) is 0 Å². The van der Waals surface area contributed by atoms with Gasteiger partial charge in [0.1, 0.15) is 5.02 Å². The number of ether oxygens (including phenoxy) is 1. The third kappa shape index (κ3) is 3.46. The monoisotopic (exact) mass is 332 g/mol. The Kier molecular flexibility index (Phi) is 4.50. The van der Waals surface area contributed by atoms with Gasteiger partial charge in [-0.1, -0.05) is 35.9 Å². The van der Waals surface area contributed by atoms with Crippen molar-refractivity contribution in [2.75, 3.05) is 11.9 Å². The molecule has 1 aromatic heterocycles. The summed E-state index contributed by atoms with van der Waals surface area (Å²) < 4.78 is 7.07. The van der Waals surface area contributed by atoms with Gasteiger partial charge in [0.2, 0.25) is 5.91 Å². The molecule has 0 bridgehead atoms. The number of rotatable bonds is 3. The van der Waals surface area contributed by atoms with E-state index < -0.39 is 0 Å². The molecule has 6 heteroatoms. The Balaban J connectivity index is 1.72. The second kappa shape index (κ2) is 6.56. The van der Waals surface area contributed by atoms with Crippen LogP contribution in [0, 0.1) is 0 Å². The van der Waals surface area contributed by atoms with Crippen LogP contribution in [-0.4, -0.2) is 17.1 Å². The summed E-state index contributed by atoms with van der Waals surface area (Å²) in [6, 6.07) is 9.46. The number of benzene rings is 1. The van der Waals surface area contributed by atoms with E-state index in [1.807, 2.05) is 18.2 Å². The van der Waals surface area contributed by atoms with Crippen molar-refractivity contribution in [2.45, 2.75) is 18.9 Å². The van der Waals surface area contributed by atoms with Crippen LogP contribution in [0.4, 0.5) is 5.69 Å². The van der Waals surface area contributed by atoms with Crippen LogP contribution in [0.2, 0.25) is 5.02 Å². The molecule has 1 atom stereocenters. The van der Waals surface area contributed by atoms with Gasteiger partial charge in [-0.3, -0.25) is 9.59 Å². The maximum Gasteiger partial charge on any atom is 0.269 e. The average Bonchev–Trinajstić information content (AvgIpc) is 2.53. The summed E-state index contributed by atoms with van der Waals surface area (Å²) in [7, 11) is 1.59. The standard InChI is InChI=1S/C17H17ClN2O3/c1-20-10-12(8-14(18)17(20)22)19-16(21)9-15-13-5-3-2-4-11(13)6-7-23-15/h2-5,8,10,15H,6-7,9H2,1H3,(H,19,21)/t15-/m0/s1. The van der Waals surface area contributed by atoms with Gasteiger partial charge in [-0.05, 0) is 23.6 Å². The number of pyridine rings is 1. The van der Waals surface area contributed by atoms with Gasteiger partial charge >= 0.3 is 0 Å². The molecule has 120 valence electrons. The Morgan fingerprint density at radius 1 is 1.43 bits per heavy atom. The molecule has 0 unspecified atom stereocenters. The Morgan fingerprint density at radius 3 is 3.00 bits per heavy atom. The molecule has 1 aliphatic rings. The number of hydrogen-bond acceptors (Lipinski definition) is 3. The number of hydrogen-bond donors (Lipinski definition) is 1. The normalized spacial score (nSPS) is 16.7. The molecule has 0 saturated heterocycles. The molecule has 5 nitrogen and oxygen atoms in total. The summed E-state index contributed by atoms with van der Waals surface area (Å²) in [6.07, 6.45) is 2.38. The van der Waals surface area contributed by atoms with Crippen LogP contribution >= 0.6 is 11.6 Å². The van der Waals surface area contributed by atoms with Gasteiger partial charge in [0.25, 0.3) is 5.56 Å². The fourth-order valence-electron chi connectivity index (χ4n) is 2.77. The zero-order chi connectivity index (χ0) is 16.4. The van der Waals surface area contributed by atoms with E-state index >= 15 is 0 Å². The first kappa shape index (κ1) is 15.8. The average molecular weight is 333 g/mol. The number of anilines is 1. The Labute approximate surface area is 138 Å². The summed E-state index contributed by atoms with van der Waals surface area (Å²) in [5.74, 6) is -0.179. The molecule has 0 fully saturated rings. The highest BCUT2D eigenvalue weighted by molar-refractivity contribution is 6.30. The van der Waals surface area contributed by atoms with Crippen LogP contribution < -0.4 is 10.9 Å². The Bertz CT molecular complexity index is 774. The minimum absolute atomic E-state index is 0.0737. The number of aromatic nitrogens is 1. The molecular formula is C17H17ClN2O3. The number of nitrogens with zero attached hydrogens (tertiary/aromatic N) is 1. The highest BCUT2D eigenvalue weighted by Gasteiger charge is 2.23. The molecule has 3 rings (SSSR count). The first-order valence-corrected chi connectivity index (χ1v) is 7.78. The summed E-state index contributed by atoms with van der Waals surface area (Å²) in [6.45, 7) is 0.612. The maximum absolute atomic E-state index is 12.3. The van der Waals surface area contributed by atoms with E-state index in [0.29, 0.717) is 12.3 Å². The molecule has 1 N–H and O–H groups in total. The predicted molar refractivity (Wildman–Crippen MR) is 88.8 cm³/mol. The second-order valence-corrected chi connectivity index (χ2v) is 5.96. The van der Waals surface area contributed by atoms with Gasteiger partial charge in [0, 0.05) is 13.2 Å². The summed E-state index contributed by atoms with van der Waals surface area (Å²) in [5, 5.41) is 2.84. The third-order valence-electron chi connectivity index (χ3n) is 3.89. The zero-order valence-electron chi connectivity index (χ0n) is 12.7. The highest BCUT2D eigenvalue weighted by Crippen LogP contribution is 2.29. The number of aryl methyl sites for hydroxylation is 1. The number of halogens is 1. The van der Waals surface area contributed by atoms with E-state index in [9.17, 15) is 9.59 Å². The molecule has 0 aliphatic carbocycles. The molecular weight excluding hydrogens is 316 g/mol. The van der Waals surface area contributed by atoms with Gasteiger partial charge in [0.15, 0.2) is 0 Å². The lowest BCUT2D eigenvalue weighted by Gasteiger charge is -2.25. The summed E-state index contributed by atoms with van der Waals surface area (Å²) in [4.78, 5) is 23.8. The zero-order valence-corrected chi connectivity index (χ0v) is 13.5. The van der Waals surface area contributed by atoms with Gasteiger partial charge < -0.3 is 14.6 Å². The van der Waals surface area contributed by atoms with E-state index in [2.05, 4.69) is 11.4 Å². The van der Waals surface area contributed by atoms with Crippen molar-refractivity contribution in [1.29, 1.82) is 0 Å². The minimum Gasteiger partial charge on any atom is -0.373 e. The third-order valence-corrected chi connectivity index (χ3v) is 4.16. The van der Waals surface area contributed by atoms with Crippen LogP contribution in [0.1, 0.15) is 23.7 Å². The van der Waals surface area contributed by atoms with E-state index in [4.69, 9.17) is 16.3 Å². The first-order valence-electron chi connectivity index (χ1n) is 7.40. The maximum atomic E-state index is 12.3. The lowest BCUT2D eigenvalue weighted by Crippen LogP contribution is -2.23. The largest absolute Gasteiger partial charge is 0.373 e. The molecule has 1 amide bonds. The van der Waals surface area contributed by atoms with E-state index in [-0.39, 0.29) is 29.0 Å². The molecule has 2 aromatic rings. The molecule has 1 aliphatic heterocycles. The van der Waals surface area contributed by atoms with E-state index in [1.165, 1.54) is 16.2 Å². The van der Waals surface area contributed by atoms with E-state index in [0.717, 1.165) is 12.0 Å². The van der Waals surface area contributed by atoms with E-state index in [1.54, 1.807) is 13.2 Å². The van der Waals surface area contributed by atoms with Crippen LogP contribution in [0.25, 0.3) is 0 Å². The van der Waals surface area contributed by atoms with Gasteiger partial charge in [0.05, 0.1) is 24.8 Å². The van der Waals surface area contributed by atoms with Crippen LogP contribution in [0.15, 0.2) is 41.3 Å². The lowest BCUT2D eigenvalue weighted by atomic mass is 9.95. The molecule has 0 spiro atoms. The first-order chi connectivity index (χ1) is 11.0. The number of carbonyl (C=O) groups is 1. The fourth-order valence-corrected chi connectivity index (χ4v) is 3.02. The van der Waals surface area contributed by atoms with Crippen LogP contribution in [-0.2, 0) is 23.0 Å². The smallest absolute Gasteiger partial charge is 0.269 e. The van der Waals surface area contributed by atoms with Crippen molar-refractivity contribution in [1.82, 2.24) is 4.57 Å². The second-order valence-electron chi connectivity index (χ2n) is 5.55. The lowest BCUT2D eigenvalue weighted by molar-refractivity contribution is -0.119. The molecule has 0 saturated carbocycles. The number of fused-ring (bicyclic) bond motifs is 1. The van der Waals surface area contributed by atoms with Crippen molar-refractivity contribution < 1.29 is 9.53 Å². The van der Waals surface area contributed by atoms with Crippen molar-refractivity contribution >= 4 is 23.2 Å². The topological polar surface area (TPSA) is 60.3 Å². The fraction of sp³-hybridized carbons (Fsp3) is 0.294. The summed E-state index contributed by atoms with van der Waals surface area (Å²) in [5.41, 5.74) is 2.48. The van der Waals surface area contributed by atoms with Crippen LogP contribution in [0.3, 0.4) is 0 Å². The molecule has 23 heavy (non-hydrogen) atoms. The Hall–Kier alpha value is -2.11. The molecule has 2 heterocycles. The van der Waals surface area contributed by atoms with Gasteiger partial charge in [-0.2, -0.15) is 0 Å². The Morgan fingerprint density at radius 2 is 2.22 bits per heavy atom. The summed E-state index contributed by atoms with van der Waals surface area (Å²) >= 11 is 5.85. The molecule has 1 aromatic carbocycles. The predicted octanol–water partition coefficient (Wildman–Crippen LogP) is 2.68. The minimum atomic E-state index is -0.297. The van der Waals surface area contributed by atoms with Crippen molar-refractivity contribution in [3.63, 3.8) is 0 Å².